The van der Waals surface area contributed by atoms with E-state index in [1.807, 2.05) is 4.90 Å². The molecule has 132 valence electrons. The topological polar surface area (TPSA) is 49.0 Å². The Hall–Kier alpha value is -2.24. The Morgan fingerprint density at radius 3 is 2.60 bits per heavy atom. The lowest BCUT2D eigenvalue weighted by Crippen LogP contribution is -2.39. The number of H-pyrrole nitrogens is 1. The molecule has 4 rings (SSSR count). The largest absolute Gasteiger partial charge is 0.342 e. The average molecular weight is 345 g/mol. The third kappa shape index (κ3) is 3.17. The van der Waals surface area contributed by atoms with Crippen molar-refractivity contribution in [2.24, 2.45) is 11.8 Å². The highest BCUT2D eigenvalue weighted by molar-refractivity contribution is 5.81. The number of nitrogens with zero attached hydrogens (tertiary/aromatic N) is 2. The van der Waals surface area contributed by atoms with E-state index in [4.69, 9.17) is 0 Å². The maximum Gasteiger partial charge on any atom is 0.225 e. The Morgan fingerprint density at radius 1 is 1.24 bits per heavy atom. The van der Waals surface area contributed by atoms with E-state index in [9.17, 15) is 13.6 Å². The molecule has 2 unspecified atom stereocenters. The summed E-state index contributed by atoms with van der Waals surface area (Å²) in [5.74, 6) is 0.466. The first kappa shape index (κ1) is 16.2. The first-order valence-electron chi connectivity index (χ1n) is 8.82. The van der Waals surface area contributed by atoms with E-state index in [1.54, 1.807) is 6.20 Å². The number of hydrogen-bond donors (Lipinski definition) is 1. The molecule has 0 radical (unpaired) electrons. The molecule has 0 spiro atoms. The van der Waals surface area contributed by atoms with Gasteiger partial charge in [0.15, 0.2) is 11.6 Å². The molecule has 25 heavy (non-hydrogen) atoms. The number of amides is 1. The fourth-order valence-corrected chi connectivity index (χ4v) is 3.63. The van der Waals surface area contributed by atoms with E-state index >= 15 is 0 Å². The Balaban J connectivity index is 1.41. The number of carbonyl (C=O) groups is 1. The molecule has 1 aliphatic heterocycles. The van der Waals surface area contributed by atoms with E-state index in [-0.39, 0.29) is 11.8 Å². The van der Waals surface area contributed by atoms with E-state index in [0.29, 0.717) is 23.1 Å². The summed E-state index contributed by atoms with van der Waals surface area (Å²) < 4.78 is 26.5. The molecule has 1 aromatic heterocycles. The zero-order chi connectivity index (χ0) is 17.6. The van der Waals surface area contributed by atoms with Crippen molar-refractivity contribution >= 4 is 5.91 Å². The van der Waals surface area contributed by atoms with Crippen LogP contribution in [0.4, 0.5) is 8.78 Å². The van der Waals surface area contributed by atoms with Gasteiger partial charge >= 0.3 is 0 Å². The van der Waals surface area contributed by atoms with Gasteiger partial charge < -0.3 is 9.88 Å². The molecule has 6 heteroatoms. The number of hydrogen-bond acceptors (Lipinski definition) is 2. The number of rotatable bonds is 3. The van der Waals surface area contributed by atoms with Crippen LogP contribution < -0.4 is 0 Å². The zero-order valence-electron chi connectivity index (χ0n) is 14.1. The van der Waals surface area contributed by atoms with E-state index in [1.165, 1.54) is 12.1 Å². The van der Waals surface area contributed by atoms with Crippen LogP contribution in [-0.2, 0) is 4.79 Å². The summed E-state index contributed by atoms with van der Waals surface area (Å²) in [6, 6.07) is 3.83. The molecule has 1 amide bonds. The van der Waals surface area contributed by atoms with Crippen molar-refractivity contribution in [2.45, 2.75) is 32.1 Å². The molecule has 1 saturated carbocycles. The predicted octanol–water partition coefficient (Wildman–Crippen LogP) is 3.72. The third-order valence-corrected chi connectivity index (χ3v) is 5.45. The van der Waals surface area contributed by atoms with Gasteiger partial charge in [0.1, 0.15) is 5.82 Å². The van der Waals surface area contributed by atoms with Crippen molar-refractivity contribution in [2.75, 3.05) is 13.1 Å². The number of benzene rings is 1. The van der Waals surface area contributed by atoms with Crippen LogP contribution in [0, 0.1) is 23.5 Å². The first-order valence-corrected chi connectivity index (χ1v) is 8.82. The highest BCUT2D eigenvalue weighted by atomic mass is 19.2. The molecule has 1 N–H and O–H groups in total. The van der Waals surface area contributed by atoms with Crippen molar-refractivity contribution in [3.8, 4) is 11.3 Å². The van der Waals surface area contributed by atoms with Gasteiger partial charge in [-0.25, -0.2) is 13.8 Å². The van der Waals surface area contributed by atoms with Gasteiger partial charge in [-0.3, -0.25) is 4.79 Å². The Kier molecular flexibility index (Phi) is 4.06. The molecular formula is C19H21F2N3O. The number of carbonyl (C=O) groups excluding carboxylic acids is 1. The quantitative estimate of drug-likeness (QED) is 0.922. The summed E-state index contributed by atoms with van der Waals surface area (Å²) >= 11 is 0. The number of imidazole rings is 1. The molecule has 2 atom stereocenters. The van der Waals surface area contributed by atoms with Gasteiger partial charge in [0, 0.05) is 30.5 Å². The predicted molar refractivity (Wildman–Crippen MR) is 89.8 cm³/mol. The second kappa shape index (κ2) is 6.24. The number of piperidine rings is 1. The summed E-state index contributed by atoms with van der Waals surface area (Å²) in [6.45, 7) is 3.64. The fourth-order valence-electron chi connectivity index (χ4n) is 3.63. The minimum Gasteiger partial charge on any atom is -0.342 e. The lowest BCUT2D eigenvalue weighted by molar-refractivity contribution is -0.133. The smallest absolute Gasteiger partial charge is 0.225 e. The summed E-state index contributed by atoms with van der Waals surface area (Å²) in [5.41, 5.74) is 1.26. The highest BCUT2D eigenvalue weighted by Gasteiger charge is 2.42. The first-order chi connectivity index (χ1) is 12.0. The maximum absolute atomic E-state index is 13.4. The second-order valence-corrected chi connectivity index (χ2v) is 7.23. The van der Waals surface area contributed by atoms with Gasteiger partial charge in [-0.2, -0.15) is 0 Å². The van der Waals surface area contributed by atoms with Crippen LogP contribution in [0.3, 0.4) is 0 Å². The van der Waals surface area contributed by atoms with Crippen molar-refractivity contribution < 1.29 is 13.6 Å². The number of likely N-dealkylation sites (tertiary alicyclic amines) is 1. The number of aromatic amines is 1. The highest BCUT2D eigenvalue weighted by Crippen LogP contribution is 2.40. The normalized spacial score (nSPS) is 23.7. The van der Waals surface area contributed by atoms with Gasteiger partial charge in [0.25, 0.3) is 0 Å². The van der Waals surface area contributed by atoms with Gasteiger partial charge in [-0.15, -0.1) is 0 Å². The van der Waals surface area contributed by atoms with E-state index < -0.39 is 11.6 Å². The lowest BCUT2D eigenvalue weighted by atomic mass is 9.96. The summed E-state index contributed by atoms with van der Waals surface area (Å²) in [5, 5.41) is 0. The molecule has 2 heterocycles. The number of nitrogens with one attached hydrogen (secondary N) is 1. The number of aromatic nitrogens is 2. The monoisotopic (exact) mass is 345 g/mol. The molecule has 2 aliphatic rings. The van der Waals surface area contributed by atoms with E-state index in [2.05, 4.69) is 16.9 Å². The van der Waals surface area contributed by atoms with Crippen LogP contribution in [-0.4, -0.2) is 33.9 Å². The fraction of sp³-hybridized carbons (Fsp3) is 0.474. The van der Waals surface area contributed by atoms with Crippen molar-refractivity contribution in [3.63, 3.8) is 0 Å². The summed E-state index contributed by atoms with van der Waals surface area (Å²) in [4.78, 5) is 21.9. The van der Waals surface area contributed by atoms with Crippen LogP contribution in [0.1, 0.15) is 37.9 Å². The second-order valence-electron chi connectivity index (χ2n) is 7.23. The molecule has 4 nitrogen and oxygen atoms in total. The van der Waals surface area contributed by atoms with Crippen molar-refractivity contribution in [1.29, 1.82) is 0 Å². The molecule has 2 aromatic rings. The standard InChI is InChI=1S/C19H21F2N3O/c1-11-8-14(11)19(25)24-6-4-12(5-7-24)18-22-10-17(23-18)13-2-3-15(20)16(21)9-13/h2-3,9-12,14H,4-8H2,1H3,(H,22,23). The molecule has 2 fully saturated rings. The van der Waals surface area contributed by atoms with Crippen LogP contribution in [0.5, 0.6) is 0 Å². The minimum atomic E-state index is -0.866. The van der Waals surface area contributed by atoms with Crippen molar-refractivity contribution in [3.05, 3.63) is 41.9 Å². The van der Waals surface area contributed by atoms with Gasteiger partial charge in [0.2, 0.25) is 5.91 Å². The Morgan fingerprint density at radius 2 is 1.96 bits per heavy atom. The average Bonchev–Trinajstić information content (AvgIpc) is 3.15. The summed E-state index contributed by atoms with van der Waals surface area (Å²) in [7, 11) is 0. The zero-order valence-corrected chi connectivity index (χ0v) is 14.1. The molecular weight excluding hydrogens is 324 g/mol. The SMILES string of the molecule is CC1CC1C(=O)N1CCC(c2ncc(-c3ccc(F)c(F)c3)[nH]2)CC1. The van der Waals surface area contributed by atoms with E-state index in [0.717, 1.165) is 44.2 Å². The minimum absolute atomic E-state index is 0.236. The van der Waals surface area contributed by atoms with Crippen LogP contribution in [0.2, 0.25) is 0 Å². The summed E-state index contributed by atoms with van der Waals surface area (Å²) in [6.07, 6.45) is 4.43. The van der Waals surface area contributed by atoms with Gasteiger partial charge in [-0.05, 0) is 43.4 Å². The van der Waals surface area contributed by atoms with Crippen LogP contribution in [0.25, 0.3) is 11.3 Å². The number of halogens is 2. The Labute approximate surface area is 145 Å². The molecule has 0 bridgehead atoms. The van der Waals surface area contributed by atoms with Gasteiger partial charge in [0.05, 0.1) is 11.9 Å². The maximum atomic E-state index is 13.4. The lowest BCUT2D eigenvalue weighted by Gasteiger charge is -2.31. The molecule has 1 aromatic carbocycles. The van der Waals surface area contributed by atoms with Crippen LogP contribution >= 0.6 is 0 Å². The van der Waals surface area contributed by atoms with Gasteiger partial charge in [-0.1, -0.05) is 6.92 Å². The van der Waals surface area contributed by atoms with Crippen molar-refractivity contribution in [1.82, 2.24) is 14.9 Å². The van der Waals surface area contributed by atoms with Crippen LogP contribution in [0.15, 0.2) is 24.4 Å². The molecule has 1 saturated heterocycles. The molecule has 1 aliphatic carbocycles. The third-order valence-electron chi connectivity index (χ3n) is 5.45. The Bertz CT molecular complexity index is 796.